The topological polar surface area (TPSA) is 91.3 Å². The summed E-state index contributed by atoms with van der Waals surface area (Å²) in [4.78, 5) is 38.3. The van der Waals surface area contributed by atoms with Gasteiger partial charge in [-0.25, -0.2) is 0 Å². The molecule has 5 rings (SSSR count). The number of benzene rings is 3. The number of hydrazone groups is 1. The van der Waals surface area contributed by atoms with E-state index >= 15 is 0 Å². The second kappa shape index (κ2) is 9.48. The molecule has 36 heavy (non-hydrogen) atoms. The maximum absolute atomic E-state index is 13.9. The summed E-state index contributed by atoms with van der Waals surface area (Å²) in [6.07, 6.45) is 0.553. The van der Waals surface area contributed by atoms with Crippen molar-refractivity contribution >= 4 is 62.7 Å². The molecular formula is C26H23ClN4O4S. The highest BCUT2D eigenvalue weighted by Gasteiger charge is 2.61. The zero-order chi connectivity index (χ0) is 25.4. The Morgan fingerprint density at radius 3 is 2.67 bits per heavy atom. The molecule has 0 radical (unpaired) electrons. The zero-order valence-electron chi connectivity index (χ0n) is 19.7. The molecule has 3 amide bonds. The molecule has 0 bridgehead atoms. The van der Waals surface area contributed by atoms with Crippen LogP contribution in [-0.4, -0.2) is 41.0 Å². The summed E-state index contributed by atoms with van der Waals surface area (Å²) in [5.74, 6) is -0.314. The second-order valence-corrected chi connectivity index (χ2v) is 10.1. The van der Waals surface area contributed by atoms with Gasteiger partial charge >= 0.3 is 0 Å². The minimum atomic E-state index is -1.47. The van der Waals surface area contributed by atoms with Crippen LogP contribution in [0, 0.1) is 0 Å². The van der Waals surface area contributed by atoms with E-state index in [1.807, 2.05) is 42.5 Å². The van der Waals surface area contributed by atoms with E-state index in [9.17, 15) is 14.4 Å². The van der Waals surface area contributed by atoms with E-state index in [0.29, 0.717) is 35.8 Å². The van der Waals surface area contributed by atoms with Crippen molar-refractivity contribution in [2.45, 2.75) is 25.1 Å². The Kier molecular flexibility index (Phi) is 6.36. The van der Waals surface area contributed by atoms with Crippen LogP contribution in [0.4, 0.5) is 5.69 Å². The number of fused-ring (bicyclic) bond motifs is 3. The number of ether oxygens (including phenoxy) is 1. The summed E-state index contributed by atoms with van der Waals surface area (Å²) < 4.78 is 6.06. The predicted octanol–water partition coefficient (Wildman–Crippen LogP) is 4.46. The Morgan fingerprint density at radius 2 is 1.89 bits per heavy atom. The molecule has 184 valence electrons. The van der Waals surface area contributed by atoms with E-state index in [2.05, 4.69) is 10.4 Å². The van der Waals surface area contributed by atoms with E-state index in [1.165, 1.54) is 13.8 Å². The van der Waals surface area contributed by atoms with Crippen LogP contribution >= 0.6 is 23.4 Å². The molecule has 1 atom stereocenters. The number of anilines is 1. The summed E-state index contributed by atoms with van der Waals surface area (Å²) in [6, 6.07) is 19.1. The molecule has 0 saturated carbocycles. The molecule has 0 aromatic heterocycles. The third-order valence-corrected chi connectivity index (χ3v) is 7.47. The van der Waals surface area contributed by atoms with Crippen molar-refractivity contribution in [1.29, 1.82) is 0 Å². The molecule has 3 aromatic carbocycles. The fourth-order valence-corrected chi connectivity index (χ4v) is 6.03. The van der Waals surface area contributed by atoms with Crippen LogP contribution in [0.5, 0.6) is 5.75 Å². The predicted molar refractivity (Wildman–Crippen MR) is 141 cm³/mol. The molecule has 10 heteroatoms. The normalized spacial score (nSPS) is 18.5. The zero-order valence-corrected chi connectivity index (χ0v) is 21.2. The van der Waals surface area contributed by atoms with Crippen LogP contribution in [0.15, 0.2) is 65.8 Å². The van der Waals surface area contributed by atoms with Crippen LogP contribution in [0.1, 0.15) is 25.8 Å². The molecule has 0 saturated heterocycles. The number of carbonyl (C=O) groups excluding carboxylic acids is 3. The Bertz CT molecular complexity index is 1420. The molecule has 8 nitrogen and oxygen atoms in total. The number of rotatable bonds is 5. The first-order valence-corrected chi connectivity index (χ1v) is 12.6. The van der Waals surface area contributed by atoms with Crippen molar-refractivity contribution in [1.82, 2.24) is 10.3 Å². The maximum Gasteiger partial charge on any atom is 0.270 e. The van der Waals surface area contributed by atoms with Crippen LogP contribution in [0.25, 0.3) is 10.8 Å². The van der Waals surface area contributed by atoms with Gasteiger partial charge < -0.3 is 15.0 Å². The fraction of sp³-hybridized carbons (Fsp3) is 0.231. The van der Waals surface area contributed by atoms with Gasteiger partial charge in [0.15, 0.2) is 5.17 Å². The lowest BCUT2D eigenvalue weighted by atomic mass is 10.1. The molecule has 0 fully saturated rings. The van der Waals surface area contributed by atoms with Crippen LogP contribution in [0.2, 0.25) is 5.02 Å². The minimum Gasteiger partial charge on any atom is -0.493 e. The molecule has 2 heterocycles. The fourth-order valence-electron chi connectivity index (χ4n) is 4.53. The molecular weight excluding hydrogens is 500 g/mol. The molecule has 2 aliphatic heterocycles. The van der Waals surface area contributed by atoms with Gasteiger partial charge in [0.05, 0.1) is 12.3 Å². The summed E-state index contributed by atoms with van der Waals surface area (Å²) in [5, 5.41) is 10.7. The third kappa shape index (κ3) is 4.08. The van der Waals surface area contributed by atoms with Crippen molar-refractivity contribution in [3.05, 3.63) is 71.2 Å². The van der Waals surface area contributed by atoms with Gasteiger partial charge in [0.25, 0.3) is 5.91 Å². The van der Waals surface area contributed by atoms with Crippen molar-refractivity contribution in [2.24, 2.45) is 5.10 Å². The Balaban J connectivity index is 1.39. The van der Waals surface area contributed by atoms with Gasteiger partial charge in [0.1, 0.15) is 5.75 Å². The minimum absolute atomic E-state index is 0.179. The number of carbonyl (C=O) groups is 3. The molecule has 0 unspecified atom stereocenters. The number of hydrogen-bond donors (Lipinski definition) is 1. The van der Waals surface area contributed by atoms with Gasteiger partial charge in [-0.05, 0) is 47.8 Å². The lowest BCUT2D eigenvalue weighted by Gasteiger charge is -2.29. The van der Waals surface area contributed by atoms with Gasteiger partial charge in [-0.3, -0.25) is 14.4 Å². The number of thioether (sulfide) groups is 1. The smallest absolute Gasteiger partial charge is 0.270 e. The molecule has 1 spiro atoms. The van der Waals surface area contributed by atoms with Gasteiger partial charge in [-0.2, -0.15) is 5.01 Å². The van der Waals surface area contributed by atoms with Crippen molar-refractivity contribution in [2.75, 3.05) is 18.1 Å². The van der Waals surface area contributed by atoms with E-state index in [1.54, 1.807) is 23.1 Å². The largest absolute Gasteiger partial charge is 0.493 e. The summed E-state index contributed by atoms with van der Waals surface area (Å²) in [7, 11) is 0. The number of amides is 3. The van der Waals surface area contributed by atoms with Crippen LogP contribution in [0.3, 0.4) is 0 Å². The first-order valence-electron chi connectivity index (χ1n) is 11.4. The van der Waals surface area contributed by atoms with E-state index in [4.69, 9.17) is 16.3 Å². The third-order valence-electron chi connectivity index (χ3n) is 6.00. The summed E-state index contributed by atoms with van der Waals surface area (Å²) in [6.45, 7) is 3.43. The average molecular weight is 523 g/mol. The number of halogens is 1. The van der Waals surface area contributed by atoms with Gasteiger partial charge in [-0.1, -0.05) is 48.0 Å². The van der Waals surface area contributed by atoms with E-state index < -0.39 is 10.8 Å². The van der Waals surface area contributed by atoms with Gasteiger partial charge in [-0.15, -0.1) is 5.10 Å². The maximum atomic E-state index is 13.9. The second-order valence-electron chi connectivity index (χ2n) is 8.46. The summed E-state index contributed by atoms with van der Waals surface area (Å²) >= 11 is 7.33. The van der Waals surface area contributed by atoms with Crippen molar-refractivity contribution in [3.63, 3.8) is 0 Å². The van der Waals surface area contributed by atoms with Gasteiger partial charge in [0.2, 0.25) is 16.7 Å². The number of hydrogen-bond acceptors (Lipinski definition) is 6. The molecule has 0 aliphatic carbocycles. The highest BCUT2D eigenvalue weighted by atomic mass is 35.5. The van der Waals surface area contributed by atoms with E-state index in [-0.39, 0.29) is 17.0 Å². The lowest BCUT2D eigenvalue weighted by molar-refractivity contribution is -0.139. The monoisotopic (exact) mass is 522 g/mol. The van der Waals surface area contributed by atoms with Crippen LogP contribution in [-0.2, 0) is 19.3 Å². The number of amidine groups is 1. The quantitative estimate of drug-likeness (QED) is 0.499. The number of nitrogens with zero attached hydrogens (tertiary/aromatic N) is 3. The highest BCUT2D eigenvalue weighted by molar-refractivity contribution is 8.15. The van der Waals surface area contributed by atoms with Gasteiger partial charge in [0, 0.05) is 36.4 Å². The lowest BCUT2D eigenvalue weighted by Crippen LogP contribution is -2.48. The number of nitrogens with one attached hydrogen (secondary N) is 1. The van der Waals surface area contributed by atoms with Crippen molar-refractivity contribution in [3.8, 4) is 5.75 Å². The standard InChI is InChI=1S/C26H23ClN4O4S/c1-16(32)28-25-29-31(17(2)33)26(36-25)21-15-19(27)11-12-22(21)30(24(26)34)13-6-14-35-23-10-5-8-18-7-3-4-9-20(18)23/h3-5,7-12,15H,6,13-14H2,1-2H3,(H,28,29,32)/t26-/m0/s1. The van der Waals surface area contributed by atoms with Crippen LogP contribution < -0.4 is 15.0 Å². The Hall–Kier alpha value is -3.56. The Morgan fingerprint density at radius 1 is 1.11 bits per heavy atom. The van der Waals surface area contributed by atoms with Crippen molar-refractivity contribution < 1.29 is 19.1 Å². The molecule has 3 aromatic rings. The Labute approximate surface area is 217 Å². The van der Waals surface area contributed by atoms with E-state index in [0.717, 1.165) is 33.3 Å². The average Bonchev–Trinajstić information content (AvgIpc) is 3.33. The summed E-state index contributed by atoms with van der Waals surface area (Å²) in [5.41, 5.74) is 1.20. The SMILES string of the molecule is CC(=O)NC1=NN(C(C)=O)[C@@]2(S1)C(=O)N(CCCOc1cccc3ccccc13)c1ccc(Cl)cc12. The highest BCUT2D eigenvalue weighted by Crippen LogP contribution is 2.54. The molecule has 1 N–H and O–H groups in total. The first kappa shape index (κ1) is 24.1. The molecule has 2 aliphatic rings. The first-order chi connectivity index (χ1) is 17.3.